The highest BCUT2D eigenvalue weighted by atomic mass is 127. The molecule has 0 fully saturated rings. The number of amides is 1. The van der Waals surface area contributed by atoms with Crippen LogP contribution in [0.4, 0.5) is 10.1 Å². The highest BCUT2D eigenvalue weighted by molar-refractivity contribution is 14.1. The van der Waals surface area contributed by atoms with E-state index in [4.69, 9.17) is 0 Å². The topological polar surface area (TPSA) is 41.1 Å². The molecule has 0 spiro atoms. The molecule has 2 aromatic carbocycles. The Morgan fingerprint density at radius 2 is 1.80 bits per heavy atom. The Bertz CT molecular complexity index is 552. The predicted molar refractivity (Wildman–Crippen MR) is 85.9 cm³/mol. The fourth-order valence-corrected chi connectivity index (χ4v) is 2.26. The van der Waals surface area contributed by atoms with Gasteiger partial charge in [0.1, 0.15) is 5.82 Å². The van der Waals surface area contributed by atoms with E-state index >= 15 is 0 Å². The zero-order valence-corrected chi connectivity index (χ0v) is 12.9. The highest BCUT2D eigenvalue weighted by Gasteiger charge is 2.05. The molecule has 2 rings (SSSR count). The van der Waals surface area contributed by atoms with Gasteiger partial charge in [0.2, 0.25) is 5.91 Å². The Morgan fingerprint density at radius 1 is 1.10 bits per heavy atom. The molecule has 5 heteroatoms. The molecule has 0 heterocycles. The van der Waals surface area contributed by atoms with Crippen LogP contribution in [0, 0.1) is 9.39 Å². The molecule has 104 valence electrons. The van der Waals surface area contributed by atoms with Crippen molar-refractivity contribution in [3.8, 4) is 0 Å². The van der Waals surface area contributed by atoms with Gasteiger partial charge in [-0.1, -0.05) is 30.3 Å². The molecule has 20 heavy (non-hydrogen) atoms. The van der Waals surface area contributed by atoms with Crippen LogP contribution in [0.15, 0.2) is 48.5 Å². The van der Waals surface area contributed by atoms with Crippen LogP contribution in [0.25, 0.3) is 0 Å². The van der Waals surface area contributed by atoms with Crippen molar-refractivity contribution >= 4 is 34.2 Å². The Labute approximate surface area is 130 Å². The van der Waals surface area contributed by atoms with Crippen molar-refractivity contribution in [2.75, 3.05) is 11.9 Å². The van der Waals surface area contributed by atoms with Crippen molar-refractivity contribution < 1.29 is 9.18 Å². The second-order valence-electron chi connectivity index (χ2n) is 4.20. The molecule has 1 amide bonds. The second kappa shape index (κ2) is 7.23. The van der Waals surface area contributed by atoms with Gasteiger partial charge in [0.05, 0.1) is 6.54 Å². The van der Waals surface area contributed by atoms with Crippen molar-refractivity contribution in [1.29, 1.82) is 0 Å². The number of nitrogens with one attached hydrogen (secondary N) is 2. The highest BCUT2D eigenvalue weighted by Crippen LogP contribution is 2.16. The van der Waals surface area contributed by atoms with Crippen molar-refractivity contribution in [2.24, 2.45) is 0 Å². The molecule has 2 N–H and O–H groups in total. The maximum absolute atomic E-state index is 13.4. The van der Waals surface area contributed by atoms with Crippen LogP contribution in [-0.2, 0) is 11.3 Å². The van der Waals surface area contributed by atoms with Crippen LogP contribution in [-0.4, -0.2) is 12.5 Å². The Morgan fingerprint density at radius 3 is 2.55 bits per heavy atom. The zero-order chi connectivity index (χ0) is 14.4. The third-order valence-electron chi connectivity index (χ3n) is 2.75. The maximum Gasteiger partial charge on any atom is 0.239 e. The molecule has 3 nitrogen and oxygen atoms in total. The SMILES string of the molecule is O=C(CNc1ccccc1I)NCc1ccccc1F. The maximum atomic E-state index is 13.4. The average molecular weight is 384 g/mol. The van der Waals surface area contributed by atoms with Gasteiger partial charge in [-0.15, -0.1) is 0 Å². The average Bonchev–Trinajstić information content (AvgIpc) is 2.45. The van der Waals surface area contributed by atoms with E-state index < -0.39 is 0 Å². The number of carbonyl (C=O) groups excluding carboxylic acids is 1. The lowest BCUT2D eigenvalue weighted by Gasteiger charge is -2.09. The number of anilines is 1. The van der Waals surface area contributed by atoms with Gasteiger partial charge in [-0.25, -0.2) is 4.39 Å². The van der Waals surface area contributed by atoms with Crippen molar-refractivity contribution in [2.45, 2.75) is 6.54 Å². The summed E-state index contributed by atoms with van der Waals surface area (Å²) in [6.45, 7) is 0.355. The summed E-state index contributed by atoms with van der Waals surface area (Å²) >= 11 is 2.20. The molecule has 0 radical (unpaired) electrons. The number of para-hydroxylation sites is 1. The number of halogens is 2. The minimum absolute atomic E-state index is 0.161. The van der Waals surface area contributed by atoms with Gasteiger partial charge >= 0.3 is 0 Å². The fraction of sp³-hybridized carbons (Fsp3) is 0.133. The zero-order valence-electron chi connectivity index (χ0n) is 10.7. The lowest BCUT2D eigenvalue weighted by atomic mass is 10.2. The van der Waals surface area contributed by atoms with Gasteiger partial charge in [0.15, 0.2) is 0 Å². The van der Waals surface area contributed by atoms with E-state index in [1.54, 1.807) is 18.2 Å². The first-order valence-electron chi connectivity index (χ1n) is 6.15. The Hall–Kier alpha value is -1.63. The summed E-state index contributed by atoms with van der Waals surface area (Å²) in [7, 11) is 0. The molecular formula is C15H14FIN2O. The molecule has 2 aromatic rings. The van der Waals surface area contributed by atoms with E-state index in [-0.39, 0.29) is 24.8 Å². The Kier molecular flexibility index (Phi) is 5.34. The van der Waals surface area contributed by atoms with E-state index in [0.29, 0.717) is 5.56 Å². The number of carbonyl (C=O) groups is 1. The molecule has 0 atom stereocenters. The predicted octanol–water partition coefficient (Wildman–Crippen LogP) is 3.16. The quantitative estimate of drug-likeness (QED) is 0.778. The first-order chi connectivity index (χ1) is 9.66. The number of hydrogen-bond donors (Lipinski definition) is 2. The summed E-state index contributed by atoms with van der Waals surface area (Å²) in [5, 5.41) is 5.74. The van der Waals surface area contributed by atoms with E-state index in [0.717, 1.165) is 9.26 Å². The largest absolute Gasteiger partial charge is 0.375 e. The molecule has 0 aliphatic heterocycles. The van der Waals surface area contributed by atoms with Crippen molar-refractivity contribution in [1.82, 2.24) is 5.32 Å². The Balaban J connectivity index is 1.82. The van der Waals surface area contributed by atoms with Crippen LogP contribution in [0.3, 0.4) is 0 Å². The summed E-state index contributed by atoms with van der Waals surface area (Å²) in [4.78, 5) is 11.7. The summed E-state index contributed by atoms with van der Waals surface area (Å²) in [5.41, 5.74) is 1.39. The first kappa shape index (κ1) is 14.8. The van der Waals surface area contributed by atoms with E-state index in [1.807, 2.05) is 24.3 Å². The molecule has 0 aliphatic rings. The summed E-state index contributed by atoms with van der Waals surface area (Å²) < 4.78 is 14.4. The normalized spacial score (nSPS) is 10.1. The lowest BCUT2D eigenvalue weighted by Crippen LogP contribution is -2.29. The van der Waals surface area contributed by atoms with Gasteiger partial charge in [0, 0.05) is 21.4 Å². The third kappa shape index (κ3) is 4.19. The third-order valence-corrected chi connectivity index (χ3v) is 3.69. The van der Waals surface area contributed by atoms with E-state index in [9.17, 15) is 9.18 Å². The monoisotopic (exact) mass is 384 g/mol. The van der Waals surface area contributed by atoms with Crippen LogP contribution < -0.4 is 10.6 Å². The fourth-order valence-electron chi connectivity index (χ4n) is 1.68. The van der Waals surface area contributed by atoms with Crippen LogP contribution in [0.5, 0.6) is 0 Å². The minimum Gasteiger partial charge on any atom is -0.375 e. The molecular weight excluding hydrogens is 370 g/mol. The number of hydrogen-bond acceptors (Lipinski definition) is 2. The van der Waals surface area contributed by atoms with E-state index in [1.165, 1.54) is 6.07 Å². The summed E-state index contributed by atoms with van der Waals surface area (Å²) in [6, 6.07) is 14.1. The number of benzene rings is 2. The molecule has 0 aliphatic carbocycles. The second-order valence-corrected chi connectivity index (χ2v) is 5.36. The van der Waals surface area contributed by atoms with Crippen molar-refractivity contribution in [3.63, 3.8) is 0 Å². The van der Waals surface area contributed by atoms with Crippen molar-refractivity contribution in [3.05, 3.63) is 63.5 Å². The molecule has 0 bridgehead atoms. The minimum atomic E-state index is -0.307. The lowest BCUT2D eigenvalue weighted by molar-refractivity contribution is -0.119. The molecule has 0 aromatic heterocycles. The first-order valence-corrected chi connectivity index (χ1v) is 7.23. The van der Waals surface area contributed by atoms with Gasteiger partial charge in [0.25, 0.3) is 0 Å². The van der Waals surface area contributed by atoms with E-state index in [2.05, 4.69) is 33.2 Å². The van der Waals surface area contributed by atoms with Crippen LogP contribution >= 0.6 is 22.6 Å². The van der Waals surface area contributed by atoms with Gasteiger partial charge in [-0.05, 0) is 40.8 Å². The van der Waals surface area contributed by atoms with Gasteiger partial charge in [-0.2, -0.15) is 0 Å². The summed E-state index contributed by atoms with van der Waals surface area (Å²) in [6.07, 6.45) is 0. The van der Waals surface area contributed by atoms with Crippen LogP contribution in [0.2, 0.25) is 0 Å². The molecule has 0 saturated heterocycles. The van der Waals surface area contributed by atoms with Gasteiger partial charge < -0.3 is 10.6 Å². The van der Waals surface area contributed by atoms with Crippen LogP contribution in [0.1, 0.15) is 5.56 Å². The summed E-state index contributed by atoms with van der Waals surface area (Å²) in [5.74, 6) is -0.480. The molecule has 0 saturated carbocycles. The number of rotatable bonds is 5. The molecule has 0 unspecified atom stereocenters. The smallest absolute Gasteiger partial charge is 0.239 e. The van der Waals surface area contributed by atoms with Gasteiger partial charge in [-0.3, -0.25) is 4.79 Å². The standard InChI is InChI=1S/C15H14FIN2O/c16-12-6-2-1-5-11(12)9-19-15(20)10-18-14-8-4-3-7-13(14)17/h1-8,18H,9-10H2,(H,19,20).